The van der Waals surface area contributed by atoms with Gasteiger partial charge in [0, 0.05) is 19.3 Å². The van der Waals surface area contributed by atoms with Crippen LogP contribution in [0.4, 0.5) is 0 Å². The summed E-state index contributed by atoms with van der Waals surface area (Å²) in [6.45, 7) is 6.51. The number of esters is 3. The van der Waals surface area contributed by atoms with Crippen molar-refractivity contribution < 1.29 is 28.6 Å². The minimum absolute atomic E-state index is 0.0821. The van der Waals surface area contributed by atoms with Crippen LogP contribution in [0.3, 0.4) is 0 Å². The molecule has 0 unspecified atom stereocenters. The Labute approximate surface area is 327 Å². The van der Waals surface area contributed by atoms with Crippen molar-refractivity contribution >= 4 is 17.9 Å². The number of ether oxygens (including phenoxy) is 3. The first kappa shape index (κ1) is 50.6. The van der Waals surface area contributed by atoms with Crippen molar-refractivity contribution in [3.63, 3.8) is 0 Å². The molecule has 0 N–H and O–H groups in total. The molecule has 6 heteroatoms. The normalized spacial score (nSPS) is 11.8. The third kappa shape index (κ3) is 40.6. The van der Waals surface area contributed by atoms with Crippen LogP contribution in [0.5, 0.6) is 0 Å². The highest BCUT2D eigenvalue weighted by Crippen LogP contribution is 2.13. The van der Waals surface area contributed by atoms with Crippen molar-refractivity contribution in [1.29, 1.82) is 0 Å². The topological polar surface area (TPSA) is 78.9 Å². The number of allylic oxidation sites excluding steroid dienone is 6. The summed E-state index contributed by atoms with van der Waals surface area (Å²) in [5.74, 6) is -0.911. The van der Waals surface area contributed by atoms with E-state index in [4.69, 9.17) is 14.2 Å². The molecule has 0 heterocycles. The molecule has 6 nitrogen and oxygen atoms in total. The Hall–Kier alpha value is -2.37. The van der Waals surface area contributed by atoms with Gasteiger partial charge in [0.2, 0.25) is 0 Å². The summed E-state index contributed by atoms with van der Waals surface area (Å²) in [7, 11) is 0. The van der Waals surface area contributed by atoms with E-state index in [1.165, 1.54) is 103 Å². The molecule has 0 saturated carbocycles. The van der Waals surface area contributed by atoms with Gasteiger partial charge in [-0.15, -0.1) is 0 Å². The summed E-state index contributed by atoms with van der Waals surface area (Å²) >= 11 is 0. The zero-order valence-corrected chi connectivity index (χ0v) is 35.0. The van der Waals surface area contributed by atoms with E-state index in [-0.39, 0.29) is 31.1 Å². The summed E-state index contributed by atoms with van der Waals surface area (Å²) in [6.07, 6.45) is 46.9. The maximum absolute atomic E-state index is 12.7. The van der Waals surface area contributed by atoms with Gasteiger partial charge in [-0.05, 0) is 83.5 Å². The summed E-state index contributed by atoms with van der Waals surface area (Å²) < 4.78 is 16.7. The highest BCUT2D eigenvalue weighted by molar-refractivity contribution is 5.71. The Morgan fingerprint density at radius 3 is 1.00 bits per heavy atom. The lowest BCUT2D eigenvalue weighted by Crippen LogP contribution is -2.30. The Bertz CT molecular complexity index is 859. The molecule has 0 amide bonds. The molecule has 0 aliphatic rings. The van der Waals surface area contributed by atoms with Gasteiger partial charge >= 0.3 is 17.9 Å². The molecule has 0 aromatic heterocycles. The van der Waals surface area contributed by atoms with Gasteiger partial charge in [-0.25, -0.2) is 0 Å². The van der Waals surface area contributed by atoms with Gasteiger partial charge in [-0.3, -0.25) is 14.4 Å². The smallest absolute Gasteiger partial charge is 0.306 e. The van der Waals surface area contributed by atoms with Crippen LogP contribution in [0, 0.1) is 0 Å². The first-order valence-corrected chi connectivity index (χ1v) is 22.5. The van der Waals surface area contributed by atoms with E-state index in [2.05, 4.69) is 57.2 Å². The molecule has 0 bridgehead atoms. The first-order valence-electron chi connectivity index (χ1n) is 22.5. The van der Waals surface area contributed by atoms with Crippen molar-refractivity contribution in [2.75, 3.05) is 13.2 Å². The second-order valence-corrected chi connectivity index (χ2v) is 14.9. The molecule has 0 rings (SSSR count). The van der Waals surface area contributed by atoms with Crippen molar-refractivity contribution in [2.24, 2.45) is 0 Å². The Kier molecular flexibility index (Phi) is 40.5. The predicted octanol–water partition coefficient (Wildman–Crippen LogP) is 14.2. The highest BCUT2D eigenvalue weighted by Gasteiger charge is 2.19. The molecule has 0 aliphatic carbocycles. The largest absolute Gasteiger partial charge is 0.462 e. The van der Waals surface area contributed by atoms with Gasteiger partial charge in [0.25, 0.3) is 0 Å². The third-order valence-electron chi connectivity index (χ3n) is 9.59. The van der Waals surface area contributed by atoms with E-state index in [1.807, 2.05) is 0 Å². The van der Waals surface area contributed by atoms with E-state index in [9.17, 15) is 14.4 Å². The fraction of sp³-hybridized carbons (Fsp3) is 0.809. The van der Waals surface area contributed by atoms with Crippen LogP contribution >= 0.6 is 0 Å². The van der Waals surface area contributed by atoms with Crippen LogP contribution in [-0.4, -0.2) is 37.2 Å². The van der Waals surface area contributed by atoms with E-state index >= 15 is 0 Å². The van der Waals surface area contributed by atoms with Gasteiger partial charge in [0.05, 0.1) is 0 Å². The number of carbonyl (C=O) groups excluding carboxylic acids is 3. The van der Waals surface area contributed by atoms with Crippen LogP contribution in [0.1, 0.15) is 226 Å². The van der Waals surface area contributed by atoms with Gasteiger partial charge < -0.3 is 14.2 Å². The molecule has 53 heavy (non-hydrogen) atoms. The van der Waals surface area contributed by atoms with Crippen molar-refractivity contribution in [1.82, 2.24) is 0 Å². The van der Waals surface area contributed by atoms with Crippen molar-refractivity contribution in [2.45, 2.75) is 232 Å². The monoisotopic (exact) mass is 745 g/mol. The quantitative estimate of drug-likeness (QED) is 0.0269. The van der Waals surface area contributed by atoms with Gasteiger partial charge in [-0.2, -0.15) is 0 Å². The van der Waals surface area contributed by atoms with E-state index in [0.29, 0.717) is 19.3 Å². The molecule has 308 valence electrons. The SMILES string of the molecule is CCCC/C=C\CCCCCCCC(=O)OCC(COC(=O)CCCCCCC/C=C\CCCC)OC(=O)CCCCCCC/C=C\CCCCCC. The van der Waals surface area contributed by atoms with Gasteiger partial charge in [0.1, 0.15) is 13.2 Å². The molecule has 0 radical (unpaired) electrons. The summed E-state index contributed by atoms with van der Waals surface area (Å²) in [5.41, 5.74) is 0. The molecule has 0 atom stereocenters. The van der Waals surface area contributed by atoms with Crippen LogP contribution < -0.4 is 0 Å². The molecule has 0 spiro atoms. The number of unbranched alkanes of at least 4 members (excludes halogenated alkanes) is 23. The van der Waals surface area contributed by atoms with Crippen molar-refractivity contribution in [3.05, 3.63) is 36.5 Å². The number of hydrogen-bond acceptors (Lipinski definition) is 6. The predicted molar refractivity (Wildman–Crippen MR) is 224 cm³/mol. The van der Waals surface area contributed by atoms with Gasteiger partial charge in [-0.1, -0.05) is 160 Å². The van der Waals surface area contributed by atoms with Crippen LogP contribution in [-0.2, 0) is 28.6 Å². The standard InChI is InChI=1S/C47H84O6/c1-4-7-10-13-16-19-22-23-26-29-32-35-38-41-47(50)53-44(42-51-45(48)39-36-33-30-27-24-20-17-14-11-8-5-2)43-52-46(49)40-37-34-31-28-25-21-18-15-12-9-6-3/h14-15,17-19,22,44H,4-13,16,20-21,23-43H2,1-3H3/b17-14-,18-15-,22-19-. The van der Waals surface area contributed by atoms with Crippen molar-refractivity contribution in [3.8, 4) is 0 Å². The fourth-order valence-electron chi connectivity index (χ4n) is 6.10. The van der Waals surface area contributed by atoms with Crippen LogP contribution in [0.2, 0.25) is 0 Å². The number of rotatable bonds is 40. The molecule has 0 saturated heterocycles. The summed E-state index contributed by atoms with van der Waals surface area (Å²) in [6, 6.07) is 0. The maximum Gasteiger partial charge on any atom is 0.306 e. The molecule has 0 aromatic rings. The third-order valence-corrected chi connectivity index (χ3v) is 9.59. The highest BCUT2D eigenvalue weighted by atomic mass is 16.6. The molecular formula is C47H84O6. The van der Waals surface area contributed by atoms with Crippen LogP contribution in [0.25, 0.3) is 0 Å². The lowest BCUT2D eigenvalue weighted by molar-refractivity contribution is -0.167. The second kappa shape index (κ2) is 42.4. The lowest BCUT2D eigenvalue weighted by Gasteiger charge is -2.18. The zero-order valence-electron chi connectivity index (χ0n) is 35.0. The minimum atomic E-state index is -0.778. The molecular weight excluding hydrogens is 661 g/mol. The first-order chi connectivity index (χ1) is 26.0. The Balaban J connectivity index is 4.41. The molecule has 0 fully saturated rings. The van der Waals surface area contributed by atoms with E-state index in [1.54, 1.807) is 0 Å². The number of carbonyl (C=O) groups is 3. The second-order valence-electron chi connectivity index (χ2n) is 14.9. The van der Waals surface area contributed by atoms with Crippen LogP contribution in [0.15, 0.2) is 36.5 Å². The molecule has 0 aromatic carbocycles. The number of hydrogen-bond donors (Lipinski definition) is 0. The Morgan fingerprint density at radius 2 is 0.642 bits per heavy atom. The molecule has 0 aliphatic heterocycles. The maximum atomic E-state index is 12.7. The van der Waals surface area contributed by atoms with E-state index in [0.717, 1.165) is 83.5 Å². The average Bonchev–Trinajstić information content (AvgIpc) is 3.15. The van der Waals surface area contributed by atoms with Gasteiger partial charge in [0.15, 0.2) is 6.10 Å². The minimum Gasteiger partial charge on any atom is -0.462 e. The average molecular weight is 745 g/mol. The lowest BCUT2D eigenvalue weighted by atomic mass is 10.1. The summed E-state index contributed by atoms with van der Waals surface area (Å²) in [4.78, 5) is 37.7. The fourth-order valence-corrected chi connectivity index (χ4v) is 6.10. The zero-order chi connectivity index (χ0) is 38.7. The summed E-state index contributed by atoms with van der Waals surface area (Å²) in [5, 5.41) is 0. The Morgan fingerprint density at radius 1 is 0.358 bits per heavy atom. The van der Waals surface area contributed by atoms with E-state index < -0.39 is 6.10 Å².